The van der Waals surface area contributed by atoms with Crippen molar-refractivity contribution in [1.82, 2.24) is 0 Å². The average Bonchev–Trinajstić information content (AvgIpc) is 2.26. The van der Waals surface area contributed by atoms with Crippen molar-refractivity contribution in [3.8, 4) is 5.75 Å². The molecular weight excluding hydrogens is 233 g/mol. The van der Waals surface area contributed by atoms with E-state index in [1.54, 1.807) is 6.08 Å². The number of rotatable bonds is 4. The van der Waals surface area contributed by atoms with E-state index in [0.29, 0.717) is 6.42 Å². The Balaban J connectivity index is 2.78. The number of aliphatic hydroxyl groups excluding tert-OH is 1. The van der Waals surface area contributed by atoms with Crippen molar-refractivity contribution >= 4 is 6.08 Å². The lowest BCUT2D eigenvalue weighted by molar-refractivity contribution is -0.274. The molecule has 1 aromatic rings. The van der Waals surface area contributed by atoms with Crippen LogP contribution < -0.4 is 4.74 Å². The molecule has 2 nitrogen and oxygen atoms in total. The molecule has 1 N–H and O–H groups in total. The fourth-order valence-corrected chi connectivity index (χ4v) is 1.26. The molecule has 1 aromatic carbocycles. The molecule has 17 heavy (non-hydrogen) atoms. The molecule has 0 unspecified atom stereocenters. The molecular formula is C12H13F3O2. The van der Waals surface area contributed by atoms with E-state index in [2.05, 4.69) is 4.74 Å². The van der Waals surface area contributed by atoms with E-state index in [9.17, 15) is 13.2 Å². The summed E-state index contributed by atoms with van der Waals surface area (Å²) in [5, 5.41) is 8.95. The van der Waals surface area contributed by atoms with Gasteiger partial charge in [-0.3, -0.25) is 0 Å². The van der Waals surface area contributed by atoms with Gasteiger partial charge in [-0.1, -0.05) is 25.1 Å². The molecule has 0 aliphatic carbocycles. The summed E-state index contributed by atoms with van der Waals surface area (Å²) in [5.74, 6) is -0.253. The summed E-state index contributed by atoms with van der Waals surface area (Å²) in [6, 6.07) is 5.49. The highest BCUT2D eigenvalue weighted by Crippen LogP contribution is 2.23. The molecule has 0 aliphatic rings. The standard InChI is InChI=1S/C12H13F3O2/c1-2-9(8-16)7-10-3-5-11(6-4-10)17-12(13,14)15/h3-7,16H,2,8H2,1H3. The van der Waals surface area contributed by atoms with Crippen molar-refractivity contribution in [3.05, 3.63) is 35.4 Å². The zero-order valence-electron chi connectivity index (χ0n) is 9.29. The lowest BCUT2D eigenvalue weighted by atomic mass is 10.1. The average molecular weight is 246 g/mol. The fourth-order valence-electron chi connectivity index (χ4n) is 1.26. The van der Waals surface area contributed by atoms with Crippen LogP contribution in [0.4, 0.5) is 13.2 Å². The predicted molar refractivity (Wildman–Crippen MR) is 58.5 cm³/mol. The zero-order valence-corrected chi connectivity index (χ0v) is 9.29. The number of alkyl halides is 3. The number of halogens is 3. The lowest BCUT2D eigenvalue weighted by Crippen LogP contribution is -2.16. The monoisotopic (exact) mass is 246 g/mol. The summed E-state index contributed by atoms with van der Waals surface area (Å²) >= 11 is 0. The van der Waals surface area contributed by atoms with Crippen LogP contribution >= 0.6 is 0 Å². The molecule has 0 heterocycles. The van der Waals surface area contributed by atoms with Crippen LogP contribution in [-0.4, -0.2) is 18.1 Å². The summed E-state index contributed by atoms with van der Waals surface area (Å²) in [7, 11) is 0. The van der Waals surface area contributed by atoms with Gasteiger partial charge in [-0.25, -0.2) is 0 Å². The first kappa shape index (κ1) is 13.6. The number of hydrogen-bond acceptors (Lipinski definition) is 2. The third-order valence-corrected chi connectivity index (χ3v) is 2.14. The van der Waals surface area contributed by atoms with Crippen molar-refractivity contribution in [2.75, 3.05) is 6.61 Å². The van der Waals surface area contributed by atoms with Gasteiger partial charge in [-0.05, 0) is 29.7 Å². The molecule has 0 amide bonds. The maximum absolute atomic E-state index is 11.9. The van der Waals surface area contributed by atoms with Gasteiger partial charge in [0.2, 0.25) is 0 Å². The van der Waals surface area contributed by atoms with Crippen LogP contribution in [-0.2, 0) is 0 Å². The Morgan fingerprint density at radius 1 is 1.29 bits per heavy atom. The summed E-state index contributed by atoms with van der Waals surface area (Å²) in [6.45, 7) is 1.83. The van der Waals surface area contributed by atoms with E-state index in [4.69, 9.17) is 5.11 Å². The third kappa shape index (κ3) is 4.91. The second-order valence-corrected chi connectivity index (χ2v) is 3.43. The second-order valence-electron chi connectivity index (χ2n) is 3.43. The Morgan fingerprint density at radius 3 is 2.29 bits per heavy atom. The minimum Gasteiger partial charge on any atom is -0.406 e. The highest BCUT2D eigenvalue weighted by Gasteiger charge is 2.30. The van der Waals surface area contributed by atoms with Gasteiger partial charge in [0.25, 0.3) is 0 Å². The maximum Gasteiger partial charge on any atom is 0.573 e. The van der Waals surface area contributed by atoms with E-state index in [0.717, 1.165) is 11.1 Å². The van der Waals surface area contributed by atoms with Crippen molar-refractivity contribution < 1.29 is 23.0 Å². The van der Waals surface area contributed by atoms with Crippen molar-refractivity contribution in [2.24, 2.45) is 0 Å². The number of aliphatic hydroxyl groups is 1. The molecule has 0 aliphatic heterocycles. The largest absolute Gasteiger partial charge is 0.573 e. The number of benzene rings is 1. The van der Waals surface area contributed by atoms with Crippen LogP contribution in [0.1, 0.15) is 18.9 Å². The van der Waals surface area contributed by atoms with Crippen LogP contribution in [0.5, 0.6) is 5.75 Å². The van der Waals surface area contributed by atoms with Gasteiger partial charge < -0.3 is 9.84 Å². The van der Waals surface area contributed by atoms with Gasteiger partial charge in [-0.2, -0.15) is 0 Å². The quantitative estimate of drug-likeness (QED) is 0.882. The minimum atomic E-state index is -4.67. The van der Waals surface area contributed by atoms with Crippen molar-refractivity contribution in [1.29, 1.82) is 0 Å². The van der Waals surface area contributed by atoms with Crippen LogP contribution in [0, 0.1) is 0 Å². The number of ether oxygens (including phenoxy) is 1. The zero-order chi connectivity index (χ0) is 12.9. The van der Waals surface area contributed by atoms with Crippen molar-refractivity contribution in [2.45, 2.75) is 19.7 Å². The van der Waals surface area contributed by atoms with Gasteiger partial charge in [0.1, 0.15) is 5.75 Å². The van der Waals surface area contributed by atoms with Crippen LogP contribution in [0.3, 0.4) is 0 Å². The predicted octanol–water partition coefficient (Wildman–Crippen LogP) is 3.37. The second kappa shape index (κ2) is 5.72. The highest BCUT2D eigenvalue weighted by atomic mass is 19.4. The van der Waals surface area contributed by atoms with E-state index in [-0.39, 0.29) is 12.4 Å². The van der Waals surface area contributed by atoms with E-state index in [1.165, 1.54) is 24.3 Å². The van der Waals surface area contributed by atoms with Gasteiger partial charge in [0.05, 0.1) is 6.61 Å². The fraction of sp³-hybridized carbons (Fsp3) is 0.333. The molecule has 0 spiro atoms. The maximum atomic E-state index is 11.9. The Hall–Kier alpha value is -1.49. The molecule has 0 atom stereocenters. The normalized spacial score (nSPS) is 12.6. The van der Waals surface area contributed by atoms with Gasteiger partial charge in [-0.15, -0.1) is 13.2 Å². The third-order valence-electron chi connectivity index (χ3n) is 2.14. The SMILES string of the molecule is CCC(=Cc1ccc(OC(F)(F)F)cc1)CO. The molecule has 0 radical (unpaired) electrons. The topological polar surface area (TPSA) is 29.5 Å². The Morgan fingerprint density at radius 2 is 1.88 bits per heavy atom. The first-order valence-electron chi connectivity index (χ1n) is 5.10. The Bertz CT molecular complexity index is 374. The van der Waals surface area contributed by atoms with Crippen molar-refractivity contribution in [3.63, 3.8) is 0 Å². The van der Waals surface area contributed by atoms with Crippen LogP contribution in [0.15, 0.2) is 29.8 Å². The van der Waals surface area contributed by atoms with Crippen LogP contribution in [0.25, 0.3) is 6.08 Å². The molecule has 94 valence electrons. The van der Waals surface area contributed by atoms with E-state index < -0.39 is 6.36 Å². The molecule has 0 aromatic heterocycles. The number of hydrogen-bond donors (Lipinski definition) is 1. The minimum absolute atomic E-state index is 0.0582. The summed E-state index contributed by atoms with van der Waals surface area (Å²) in [4.78, 5) is 0. The first-order chi connectivity index (χ1) is 7.94. The van der Waals surface area contributed by atoms with Crippen LogP contribution in [0.2, 0.25) is 0 Å². The Kier molecular flexibility index (Phi) is 4.57. The molecule has 0 fully saturated rings. The highest BCUT2D eigenvalue weighted by molar-refractivity contribution is 5.54. The summed E-state index contributed by atoms with van der Waals surface area (Å²) in [6.07, 6.45) is -2.24. The summed E-state index contributed by atoms with van der Waals surface area (Å²) < 4.78 is 39.4. The van der Waals surface area contributed by atoms with E-state index in [1.807, 2.05) is 6.92 Å². The first-order valence-corrected chi connectivity index (χ1v) is 5.10. The van der Waals surface area contributed by atoms with Gasteiger partial charge in [0, 0.05) is 0 Å². The molecule has 0 bridgehead atoms. The van der Waals surface area contributed by atoms with Gasteiger partial charge in [0.15, 0.2) is 0 Å². The molecule has 1 rings (SSSR count). The molecule has 0 saturated heterocycles. The Labute approximate surface area is 97.3 Å². The molecule has 5 heteroatoms. The lowest BCUT2D eigenvalue weighted by Gasteiger charge is -2.08. The summed E-state index contributed by atoms with van der Waals surface area (Å²) in [5.41, 5.74) is 1.54. The smallest absolute Gasteiger partial charge is 0.406 e. The molecule has 0 saturated carbocycles. The van der Waals surface area contributed by atoms with E-state index >= 15 is 0 Å². The van der Waals surface area contributed by atoms with Gasteiger partial charge >= 0.3 is 6.36 Å².